The Morgan fingerprint density at radius 3 is 1.62 bits per heavy atom. The van der Waals surface area contributed by atoms with Crippen LogP contribution in [0, 0.1) is 29.1 Å². The van der Waals surface area contributed by atoms with E-state index in [1.807, 2.05) is 6.92 Å². The van der Waals surface area contributed by atoms with Crippen LogP contribution in [0.5, 0.6) is 5.75 Å². The van der Waals surface area contributed by atoms with Crippen molar-refractivity contribution in [2.24, 2.45) is 0 Å². The number of ether oxygens (including phenoxy) is 1. The van der Waals surface area contributed by atoms with Crippen molar-refractivity contribution in [1.29, 1.82) is 0 Å². The van der Waals surface area contributed by atoms with Crippen LogP contribution in [0.2, 0.25) is 5.02 Å². The number of aryl methyl sites for hydroxylation is 1. The maximum absolute atomic E-state index is 15.2. The summed E-state index contributed by atoms with van der Waals surface area (Å²) in [5.41, 5.74) is 0.129. The van der Waals surface area contributed by atoms with Gasteiger partial charge < -0.3 is 4.74 Å². The van der Waals surface area contributed by atoms with Gasteiger partial charge in [0.15, 0.2) is 0 Å². The van der Waals surface area contributed by atoms with Crippen molar-refractivity contribution < 1.29 is 35.5 Å². The van der Waals surface area contributed by atoms with Gasteiger partial charge in [-0.15, -0.1) is 0 Å². The van der Waals surface area contributed by atoms with Gasteiger partial charge in [-0.3, -0.25) is 0 Å². The highest BCUT2D eigenvalue weighted by Gasteiger charge is 2.38. The first kappa shape index (κ1) is 32.1. The molecule has 5 aromatic rings. The average molecular weight is 643 g/mol. The van der Waals surface area contributed by atoms with Crippen LogP contribution < -0.4 is 4.74 Å². The molecule has 0 spiro atoms. The molecule has 0 unspecified atom stereocenters. The van der Waals surface area contributed by atoms with Gasteiger partial charge in [0.25, 0.3) is 0 Å². The van der Waals surface area contributed by atoms with Crippen molar-refractivity contribution in [1.82, 2.24) is 0 Å². The number of hydrogen-bond acceptors (Lipinski definition) is 1. The minimum atomic E-state index is -4.08. The first-order valence-electron chi connectivity index (χ1n) is 14.2. The van der Waals surface area contributed by atoms with E-state index < -0.39 is 46.5 Å². The minimum absolute atomic E-state index is 0.0184. The summed E-state index contributed by atoms with van der Waals surface area (Å²) in [5, 5.41) is -0.108. The molecule has 9 heteroatoms. The first-order chi connectivity index (χ1) is 21.5. The maximum Gasteiger partial charge on any atom is 0.429 e. The Kier molecular flexibility index (Phi) is 9.53. The Balaban J connectivity index is 1.33. The van der Waals surface area contributed by atoms with E-state index in [-0.39, 0.29) is 38.4 Å². The van der Waals surface area contributed by atoms with Crippen LogP contribution in [0.15, 0.2) is 91.0 Å². The smallest absolute Gasteiger partial charge is 0.429 e. The lowest BCUT2D eigenvalue weighted by Crippen LogP contribution is -2.23. The zero-order chi connectivity index (χ0) is 32.3. The van der Waals surface area contributed by atoms with E-state index >= 15 is 8.78 Å². The van der Waals surface area contributed by atoms with E-state index in [1.165, 1.54) is 42.5 Å². The highest BCUT2D eigenvalue weighted by atomic mass is 35.5. The molecule has 0 aliphatic heterocycles. The highest BCUT2D eigenvalue weighted by molar-refractivity contribution is 6.30. The van der Waals surface area contributed by atoms with E-state index in [4.69, 9.17) is 16.3 Å². The van der Waals surface area contributed by atoms with Gasteiger partial charge in [-0.05, 0) is 83.6 Å². The second-order valence-electron chi connectivity index (χ2n) is 10.5. The third kappa shape index (κ3) is 7.17. The van der Waals surface area contributed by atoms with Gasteiger partial charge in [0.05, 0.1) is 10.6 Å². The second kappa shape index (κ2) is 13.4. The lowest BCUT2D eigenvalue weighted by molar-refractivity contribution is -0.187. The number of unbranched alkanes of at least 4 members (excludes halogenated alkanes) is 2. The van der Waals surface area contributed by atoms with Crippen molar-refractivity contribution in [2.75, 3.05) is 0 Å². The summed E-state index contributed by atoms with van der Waals surface area (Å²) in [6, 6.07) is 17.9. The normalized spacial score (nSPS) is 11.6. The van der Waals surface area contributed by atoms with Gasteiger partial charge in [-0.25, -0.2) is 22.0 Å². The van der Waals surface area contributed by atoms with Crippen LogP contribution in [-0.2, 0) is 12.5 Å². The maximum atomic E-state index is 15.2. The first-order valence-corrected chi connectivity index (χ1v) is 14.5. The molecule has 0 saturated heterocycles. The molecule has 0 fully saturated rings. The summed E-state index contributed by atoms with van der Waals surface area (Å²) < 4.78 is 108. The molecule has 5 rings (SSSR count). The Morgan fingerprint density at radius 1 is 0.578 bits per heavy atom. The number of alkyl halides is 2. The molecule has 1 nitrogen and oxygen atoms in total. The fraction of sp³-hybridized carbons (Fsp3) is 0.167. The average Bonchev–Trinajstić information content (AvgIpc) is 2.98. The van der Waals surface area contributed by atoms with Crippen molar-refractivity contribution in [3.63, 3.8) is 0 Å². The summed E-state index contributed by atoms with van der Waals surface area (Å²) >= 11 is 5.70. The topological polar surface area (TPSA) is 9.23 Å². The number of rotatable bonds is 10. The molecule has 0 aliphatic rings. The Morgan fingerprint density at radius 2 is 1.11 bits per heavy atom. The predicted molar refractivity (Wildman–Crippen MR) is 162 cm³/mol. The van der Waals surface area contributed by atoms with E-state index in [0.29, 0.717) is 18.1 Å². The molecule has 5 aromatic carbocycles. The summed E-state index contributed by atoms with van der Waals surface area (Å²) in [6.45, 7) is 2.02. The molecule has 0 saturated carbocycles. The van der Waals surface area contributed by atoms with E-state index in [9.17, 15) is 22.0 Å². The van der Waals surface area contributed by atoms with Gasteiger partial charge in [-0.2, -0.15) is 8.78 Å². The van der Waals surface area contributed by atoms with Gasteiger partial charge in [0.1, 0.15) is 34.8 Å². The monoisotopic (exact) mass is 642 g/mol. The molecule has 0 aromatic heterocycles. The van der Waals surface area contributed by atoms with Crippen LogP contribution in [0.1, 0.15) is 37.3 Å². The van der Waals surface area contributed by atoms with Gasteiger partial charge in [0, 0.05) is 22.8 Å². The van der Waals surface area contributed by atoms with Crippen molar-refractivity contribution in [3.8, 4) is 39.1 Å². The standard InChI is InChI=1S/C36H26ClF7O/c1-2-3-4-5-21-6-14-29(34(41)16-21)36(43,44)45-25-10-13-28(33(40)20-25)23-8-11-26(31(38)18-23)22-7-12-27(32(39)17-22)24-9-15-30(37)35(42)19-24/h6-20H,2-5H2,1H3. The van der Waals surface area contributed by atoms with Gasteiger partial charge in [-0.1, -0.05) is 67.8 Å². The molecule has 0 N–H and O–H groups in total. The zero-order valence-corrected chi connectivity index (χ0v) is 24.7. The summed E-state index contributed by atoms with van der Waals surface area (Å²) in [4.78, 5) is 0. The van der Waals surface area contributed by atoms with Crippen molar-refractivity contribution in [2.45, 2.75) is 38.7 Å². The largest absolute Gasteiger partial charge is 0.429 e. The van der Waals surface area contributed by atoms with E-state index in [0.717, 1.165) is 61.7 Å². The van der Waals surface area contributed by atoms with Crippen LogP contribution in [-0.4, -0.2) is 0 Å². The van der Waals surface area contributed by atoms with Crippen molar-refractivity contribution >= 4 is 11.6 Å². The molecule has 0 heterocycles. The Hall–Kier alpha value is -4.30. The van der Waals surface area contributed by atoms with E-state index in [2.05, 4.69) is 0 Å². The summed E-state index contributed by atoms with van der Waals surface area (Å²) in [5.74, 6) is -4.89. The Labute approximate surface area is 260 Å². The molecule has 0 amide bonds. The molecular weight excluding hydrogens is 617 g/mol. The lowest BCUT2D eigenvalue weighted by Gasteiger charge is -2.20. The van der Waals surface area contributed by atoms with Gasteiger partial charge in [0.2, 0.25) is 0 Å². The fourth-order valence-corrected chi connectivity index (χ4v) is 5.14. The van der Waals surface area contributed by atoms with E-state index in [1.54, 1.807) is 0 Å². The third-order valence-corrected chi connectivity index (χ3v) is 7.70. The van der Waals surface area contributed by atoms with Crippen LogP contribution in [0.4, 0.5) is 30.7 Å². The second-order valence-corrected chi connectivity index (χ2v) is 11.0. The Bertz CT molecular complexity index is 1850. The summed E-state index contributed by atoms with van der Waals surface area (Å²) in [6.07, 6.45) is -0.818. The van der Waals surface area contributed by atoms with Gasteiger partial charge >= 0.3 is 6.11 Å². The number of hydrogen-bond donors (Lipinski definition) is 0. The SMILES string of the molecule is CCCCCc1ccc(C(F)(F)Oc2ccc(-c3ccc(-c4ccc(-c5ccc(Cl)c(F)c5)c(F)c4)c(F)c3)c(F)c2)c(F)c1. The minimum Gasteiger partial charge on any atom is -0.429 e. The molecular formula is C36H26ClF7O. The number of benzene rings is 5. The highest BCUT2D eigenvalue weighted by Crippen LogP contribution is 2.37. The zero-order valence-electron chi connectivity index (χ0n) is 23.9. The lowest BCUT2D eigenvalue weighted by atomic mass is 9.97. The van der Waals surface area contributed by atoms with Crippen molar-refractivity contribution in [3.05, 3.63) is 136 Å². The molecule has 0 aliphatic carbocycles. The van der Waals surface area contributed by atoms with Crippen LogP contribution in [0.3, 0.4) is 0 Å². The van der Waals surface area contributed by atoms with Crippen LogP contribution >= 0.6 is 11.6 Å². The molecule has 0 bridgehead atoms. The predicted octanol–water partition coefficient (Wildman–Crippen LogP) is 11.9. The summed E-state index contributed by atoms with van der Waals surface area (Å²) in [7, 11) is 0. The quantitative estimate of drug-likeness (QED) is 0.109. The number of halogens is 8. The fourth-order valence-electron chi connectivity index (χ4n) is 5.02. The third-order valence-electron chi connectivity index (χ3n) is 7.39. The molecule has 232 valence electrons. The molecule has 45 heavy (non-hydrogen) atoms. The van der Waals surface area contributed by atoms with Crippen LogP contribution in [0.25, 0.3) is 33.4 Å². The molecule has 0 atom stereocenters. The molecule has 0 radical (unpaired) electrons.